The van der Waals surface area contributed by atoms with Gasteiger partial charge in [0.15, 0.2) is 0 Å². The molecule has 0 aliphatic carbocycles. The van der Waals surface area contributed by atoms with Crippen molar-refractivity contribution in [3.63, 3.8) is 0 Å². The Kier molecular flexibility index (Phi) is 7.29. The maximum atomic E-state index is 13.0. The molecule has 0 bridgehead atoms. The molecule has 28 heavy (non-hydrogen) atoms. The fraction of sp³-hybridized carbons (Fsp3) is 0.579. The largest absolute Gasteiger partial charge is 0.494 e. The summed E-state index contributed by atoms with van der Waals surface area (Å²) < 4.78 is 36.1. The lowest BCUT2D eigenvalue weighted by Crippen LogP contribution is -2.51. The summed E-state index contributed by atoms with van der Waals surface area (Å²) in [6.07, 6.45) is 2.09. The molecule has 0 radical (unpaired) electrons. The Morgan fingerprint density at radius 1 is 1.21 bits per heavy atom. The van der Waals surface area contributed by atoms with Crippen molar-refractivity contribution in [3.8, 4) is 5.75 Å². The first-order valence-corrected chi connectivity index (χ1v) is 11.1. The zero-order valence-corrected chi connectivity index (χ0v) is 17.6. The second-order valence-corrected chi connectivity index (χ2v) is 8.64. The van der Waals surface area contributed by atoms with E-state index < -0.39 is 16.1 Å². The fourth-order valence-corrected chi connectivity index (χ4v) is 4.59. The first-order valence-electron chi connectivity index (χ1n) is 9.28. The van der Waals surface area contributed by atoms with E-state index in [4.69, 9.17) is 9.47 Å². The van der Waals surface area contributed by atoms with Crippen molar-refractivity contribution in [2.24, 2.45) is 5.92 Å². The molecule has 0 spiro atoms. The predicted octanol–water partition coefficient (Wildman–Crippen LogP) is 1.65. The Labute approximate surface area is 166 Å². The van der Waals surface area contributed by atoms with Crippen LogP contribution >= 0.6 is 0 Å². The van der Waals surface area contributed by atoms with Gasteiger partial charge in [-0.15, -0.1) is 0 Å². The third kappa shape index (κ3) is 5.15. The van der Waals surface area contributed by atoms with Gasteiger partial charge in [0, 0.05) is 13.1 Å². The Balaban J connectivity index is 2.16. The number of nitrogens with zero attached hydrogens (tertiary/aromatic N) is 2. The molecule has 0 N–H and O–H groups in total. The summed E-state index contributed by atoms with van der Waals surface area (Å²) in [6, 6.07) is 5.70. The topological polar surface area (TPSA) is 93.2 Å². The molecule has 1 aromatic carbocycles. The van der Waals surface area contributed by atoms with Gasteiger partial charge in [-0.05, 0) is 51.0 Å². The highest BCUT2D eigenvalue weighted by Crippen LogP contribution is 2.26. The van der Waals surface area contributed by atoms with Crippen LogP contribution in [0.5, 0.6) is 5.75 Å². The van der Waals surface area contributed by atoms with Crippen molar-refractivity contribution in [3.05, 3.63) is 24.3 Å². The Morgan fingerprint density at radius 2 is 1.79 bits per heavy atom. The van der Waals surface area contributed by atoms with Crippen LogP contribution < -0.4 is 9.04 Å². The third-order valence-corrected chi connectivity index (χ3v) is 6.05. The van der Waals surface area contributed by atoms with E-state index in [-0.39, 0.29) is 17.8 Å². The molecule has 1 heterocycles. The smallest absolute Gasteiger partial charge is 0.308 e. The van der Waals surface area contributed by atoms with E-state index in [1.54, 1.807) is 36.1 Å². The highest BCUT2D eigenvalue weighted by atomic mass is 32.2. The molecule has 2 rings (SSSR count). The predicted molar refractivity (Wildman–Crippen MR) is 106 cm³/mol. The van der Waals surface area contributed by atoms with E-state index in [1.807, 2.05) is 6.92 Å². The van der Waals surface area contributed by atoms with E-state index in [9.17, 15) is 18.0 Å². The zero-order chi connectivity index (χ0) is 20.9. The number of anilines is 1. The van der Waals surface area contributed by atoms with Crippen LogP contribution in [0.2, 0.25) is 0 Å². The van der Waals surface area contributed by atoms with Crippen molar-refractivity contribution in [2.75, 3.05) is 37.4 Å². The summed E-state index contributed by atoms with van der Waals surface area (Å²) in [6.45, 7) is 4.73. The Hall–Kier alpha value is -2.29. The summed E-state index contributed by atoms with van der Waals surface area (Å²) in [7, 11) is -2.33. The number of piperidine rings is 1. The third-order valence-electron chi connectivity index (χ3n) is 4.81. The van der Waals surface area contributed by atoms with Gasteiger partial charge in [-0.25, -0.2) is 8.42 Å². The second-order valence-electron chi connectivity index (χ2n) is 6.78. The van der Waals surface area contributed by atoms with E-state index in [1.165, 1.54) is 7.11 Å². The number of sulfonamides is 1. The molecular weight excluding hydrogens is 384 g/mol. The van der Waals surface area contributed by atoms with E-state index in [0.717, 1.165) is 10.6 Å². The lowest BCUT2D eigenvalue weighted by molar-refractivity contribution is -0.149. The van der Waals surface area contributed by atoms with E-state index >= 15 is 0 Å². The molecule has 1 saturated heterocycles. The molecule has 1 aromatic rings. The van der Waals surface area contributed by atoms with E-state index in [2.05, 4.69) is 0 Å². The van der Waals surface area contributed by atoms with Crippen LogP contribution in [0, 0.1) is 5.92 Å². The molecule has 1 aliphatic heterocycles. The molecule has 0 unspecified atom stereocenters. The highest BCUT2D eigenvalue weighted by Gasteiger charge is 2.35. The average molecular weight is 413 g/mol. The van der Waals surface area contributed by atoms with E-state index in [0.29, 0.717) is 44.0 Å². The number of carbonyl (C=O) groups excluding carboxylic acids is 2. The average Bonchev–Trinajstić information content (AvgIpc) is 2.67. The van der Waals surface area contributed by atoms with Crippen LogP contribution in [0.4, 0.5) is 5.69 Å². The number of benzene rings is 1. The highest BCUT2D eigenvalue weighted by molar-refractivity contribution is 7.92. The lowest BCUT2D eigenvalue weighted by atomic mass is 9.96. The second kappa shape index (κ2) is 9.27. The maximum Gasteiger partial charge on any atom is 0.308 e. The Morgan fingerprint density at radius 3 is 2.25 bits per heavy atom. The van der Waals surface area contributed by atoms with Gasteiger partial charge in [-0.1, -0.05) is 0 Å². The summed E-state index contributed by atoms with van der Waals surface area (Å²) in [5.41, 5.74) is 0.399. The molecule has 8 nitrogen and oxygen atoms in total. The summed E-state index contributed by atoms with van der Waals surface area (Å²) in [5.74, 6) is -0.153. The number of amides is 1. The van der Waals surface area contributed by atoms with Crippen LogP contribution in [-0.2, 0) is 24.3 Å². The van der Waals surface area contributed by atoms with Gasteiger partial charge in [-0.2, -0.15) is 0 Å². The van der Waals surface area contributed by atoms with Crippen LogP contribution in [0.3, 0.4) is 0 Å². The molecule has 1 aliphatic rings. The molecule has 0 saturated carbocycles. The quantitative estimate of drug-likeness (QED) is 0.632. The molecular formula is C19H28N2O6S. The number of methoxy groups -OCH3 is 1. The van der Waals surface area contributed by atoms with Gasteiger partial charge >= 0.3 is 5.97 Å². The van der Waals surface area contributed by atoms with Gasteiger partial charge in [0.25, 0.3) is 0 Å². The normalized spacial score (nSPS) is 16.4. The Bertz CT molecular complexity index is 785. The maximum absolute atomic E-state index is 13.0. The molecule has 9 heteroatoms. The first-order chi connectivity index (χ1) is 13.2. The summed E-state index contributed by atoms with van der Waals surface area (Å²) in [4.78, 5) is 26.2. The number of esters is 1. The number of rotatable bonds is 7. The fourth-order valence-electron chi connectivity index (χ4n) is 3.43. The van der Waals surface area contributed by atoms with Gasteiger partial charge in [0.05, 0.1) is 31.6 Å². The number of ether oxygens (including phenoxy) is 2. The summed E-state index contributed by atoms with van der Waals surface area (Å²) in [5, 5.41) is 0. The van der Waals surface area contributed by atoms with Crippen molar-refractivity contribution in [2.45, 2.75) is 32.7 Å². The van der Waals surface area contributed by atoms with Gasteiger partial charge in [0.2, 0.25) is 15.9 Å². The number of hydrogen-bond donors (Lipinski definition) is 0. The van der Waals surface area contributed by atoms with Crippen LogP contribution in [0.25, 0.3) is 0 Å². The van der Waals surface area contributed by atoms with Gasteiger partial charge < -0.3 is 14.4 Å². The minimum atomic E-state index is -3.68. The number of likely N-dealkylation sites (tertiary alicyclic amines) is 1. The van der Waals surface area contributed by atoms with Crippen LogP contribution in [0.15, 0.2) is 24.3 Å². The van der Waals surface area contributed by atoms with Crippen molar-refractivity contribution in [1.29, 1.82) is 0 Å². The van der Waals surface area contributed by atoms with Gasteiger partial charge in [0.1, 0.15) is 11.8 Å². The van der Waals surface area contributed by atoms with Crippen molar-refractivity contribution >= 4 is 27.6 Å². The number of carbonyl (C=O) groups is 2. The zero-order valence-electron chi connectivity index (χ0n) is 16.8. The minimum absolute atomic E-state index is 0.221. The van der Waals surface area contributed by atoms with Crippen LogP contribution in [0.1, 0.15) is 26.7 Å². The van der Waals surface area contributed by atoms with Gasteiger partial charge in [-0.3, -0.25) is 13.9 Å². The lowest BCUT2D eigenvalue weighted by Gasteiger charge is -2.36. The molecule has 156 valence electrons. The molecule has 0 aromatic heterocycles. The molecule has 1 atom stereocenters. The van der Waals surface area contributed by atoms with Crippen LogP contribution in [-0.4, -0.2) is 64.3 Å². The monoisotopic (exact) mass is 412 g/mol. The van der Waals surface area contributed by atoms with Crippen molar-refractivity contribution < 1.29 is 27.5 Å². The number of hydrogen-bond acceptors (Lipinski definition) is 6. The standard InChI is InChI=1S/C19H28N2O6S/c1-5-27-17-8-6-16(7-9-17)21(28(4,24)25)14(2)18(22)20-12-10-15(11-13-20)19(23)26-3/h6-9,14-15H,5,10-13H2,1-4H3/t14-/m1/s1. The molecule has 1 amide bonds. The first kappa shape index (κ1) is 22.0. The molecule has 1 fully saturated rings. The minimum Gasteiger partial charge on any atom is -0.494 e. The SMILES string of the molecule is CCOc1ccc(N([C@H](C)C(=O)N2CCC(C(=O)OC)CC2)S(C)(=O)=O)cc1. The summed E-state index contributed by atoms with van der Waals surface area (Å²) >= 11 is 0. The van der Waals surface area contributed by atoms with Crippen molar-refractivity contribution in [1.82, 2.24) is 4.90 Å².